The molecule has 0 saturated heterocycles. The Morgan fingerprint density at radius 1 is 1.30 bits per heavy atom. The summed E-state index contributed by atoms with van der Waals surface area (Å²) >= 11 is 0. The van der Waals surface area contributed by atoms with Gasteiger partial charge < -0.3 is 8.98 Å². The van der Waals surface area contributed by atoms with E-state index in [4.69, 9.17) is 4.42 Å². The van der Waals surface area contributed by atoms with Crippen LogP contribution in [0.15, 0.2) is 40.8 Å². The molecule has 0 unspecified atom stereocenters. The number of fused-ring (bicyclic) bond motifs is 1. The van der Waals surface area contributed by atoms with Crippen LogP contribution in [0, 0.1) is 18.3 Å². The van der Waals surface area contributed by atoms with E-state index < -0.39 is 0 Å². The molecule has 0 radical (unpaired) electrons. The van der Waals surface area contributed by atoms with Crippen LogP contribution >= 0.6 is 0 Å². The molecule has 2 aromatic heterocycles. The van der Waals surface area contributed by atoms with Crippen LogP contribution in [-0.4, -0.2) is 9.55 Å². The minimum absolute atomic E-state index is 0.484. The summed E-state index contributed by atoms with van der Waals surface area (Å²) in [6.45, 7) is 1.87. The molecule has 0 fully saturated rings. The average Bonchev–Trinajstić information content (AvgIpc) is 3.01. The number of allylic oxidation sites excluding steroid dienone is 1. The zero-order valence-corrected chi connectivity index (χ0v) is 11.3. The van der Waals surface area contributed by atoms with Gasteiger partial charge in [0.1, 0.15) is 17.6 Å². The van der Waals surface area contributed by atoms with E-state index in [-0.39, 0.29) is 0 Å². The molecule has 0 amide bonds. The number of hydrogen-bond donors (Lipinski definition) is 0. The summed E-state index contributed by atoms with van der Waals surface area (Å²) in [6, 6.07) is 13.7. The molecule has 1 aromatic carbocycles. The zero-order chi connectivity index (χ0) is 14.1. The summed E-state index contributed by atoms with van der Waals surface area (Å²) in [4.78, 5) is 4.52. The lowest BCUT2D eigenvalue weighted by atomic mass is 10.2. The topological polar surface area (TPSA) is 54.8 Å². The molecule has 2 heterocycles. The van der Waals surface area contributed by atoms with Crippen LogP contribution in [0.1, 0.15) is 17.3 Å². The Bertz CT molecular complexity index is 846. The quantitative estimate of drug-likeness (QED) is 0.664. The van der Waals surface area contributed by atoms with Crippen LogP contribution in [0.5, 0.6) is 0 Å². The number of aromatic nitrogens is 2. The SMILES string of the molecule is Cc1ccc(/C=C(/C#N)c2nc3ccccc3n2C)o1. The van der Waals surface area contributed by atoms with E-state index in [9.17, 15) is 5.26 Å². The van der Waals surface area contributed by atoms with Crippen LogP contribution in [0.25, 0.3) is 22.7 Å². The fourth-order valence-electron chi connectivity index (χ4n) is 2.21. The van der Waals surface area contributed by atoms with Crippen molar-refractivity contribution in [2.24, 2.45) is 7.05 Å². The molecule has 4 heteroatoms. The number of nitrogens with zero attached hydrogens (tertiary/aromatic N) is 3. The standard InChI is InChI=1S/C16H13N3O/c1-11-7-8-13(20-11)9-12(10-17)16-18-14-5-3-4-6-15(14)19(16)2/h3-9H,1-2H3/b12-9-. The summed E-state index contributed by atoms with van der Waals surface area (Å²) in [5, 5.41) is 9.38. The summed E-state index contributed by atoms with van der Waals surface area (Å²) in [6.07, 6.45) is 1.72. The monoisotopic (exact) mass is 263 g/mol. The van der Waals surface area contributed by atoms with Crippen molar-refractivity contribution in [3.05, 3.63) is 53.7 Å². The molecule has 0 bridgehead atoms. The minimum Gasteiger partial charge on any atom is -0.462 e. The van der Waals surface area contributed by atoms with Crippen LogP contribution in [0.3, 0.4) is 0 Å². The van der Waals surface area contributed by atoms with Crippen LogP contribution < -0.4 is 0 Å². The van der Waals surface area contributed by atoms with E-state index in [1.807, 2.05) is 54.9 Å². The van der Waals surface area contributed by atoms with E-state index in [2.05, 4.69) is 11.1 Å². The van der Waals surface area contributed by atoms with Gasteiger partial charge in [-0.15, -0.1) is 0 Å². The van der Waals surface area contributed by atoms with E-state index in [0.717, 1.165) is 16.8 Å². The van der Waals surface area contributed by atoms with Crippen molar-refractivity contribution in [2.75, 3.05) is 0 Å². The van der Waals surface area contributed by atoms with E-state index in [1.54, 1.807) is 6.08 Å². The Morgan fingerprint density at radius 3 is 2.75 bits per heavy atom. The second-order valence-corrected chi connectivity index (χ2v) is 4.60. The molecule has 0 N–H and O–H groups in total. The molecule has 3 aromatic rings. The minimum atomic E-state index is 0.484. The third-order valence-corrected chi connectivity index (χ3v) is 3.20. The van der Waals surface area contributed by atoms with Crippen molar-refractivity contribution in [1.29, 1.82) is 5.26 Å². The Kier molecular flexibility index (Phi) is 2.88. The Hall–Kier alpha value is -2.80. The molecule has 0 atom stereocenters. The average molecular weight is 263 g/mol. The lowest BCUT2D eigenvalue weighted by Gasteiger charge is -1.99. The van der Waals surface area contributed by atoms with Gasteiger partial charge in [0.15, 0.2) is 5.82 Å². The highest BCUT2D eigenvalue weighted by Crippen LogP contribution is 2.22. The summed E-state index contributed by atoms with van der Waals surface area (Å²) in [7, 11) is 1.91. The molecule has 0 aliphatic carbocycles. The Morgan fingerprint density at radius 2 is 2.10 bits per heavy atom. The first-order chi connectivity index (χ1) is 9.69. The molecular formula is C16H13N3O. The van der Waals surface area contributed by atoms with E-state index in [0.29, 0.717) is 17.2 Å². The molecule has 0 aliphatic heterocycles. The highest BCUT2D eigenvalue weighted by molar-refractivity contribution is 5.90. The zero-order valence-electron chi connectivity index (χ0n) is 11.3. The molecular weight excluding hydrogens is 250 g/mol. The van der Waals surface area contributed by atoms with Crippen molar-refractivity contribution < 1.29 is 4.42 Å². The van der Waals surface area contributed by atoms with Gasteiger partial charge in [0, 0.05) is 13.1 Å². The van der Waals surface area contributed by atoms with Crippen LogP contribution in [0.2, 0.25) is 0 Å². The van der Waals surface area contributed by atoms with Gasteiger partial charge in [-0.3, -0.25) is 0 Å². The summed E-state index contributed by atoms with van der Waals surface area (Å²) < 4.78 is 7.40. The number of hydrogen-bond acceptors (Lipinski definition) is 3. The van der Waals surface area contributed by atoms with Crippen molar-refractivity contribution in [3.8, 4) is 6.07 Å². The van der Waals surface area contributed by atoms with E-state index in [1.165, 1.54) is 0 Å². The van der Waals surface area contributed by atoms with Gasteiger partial charge in [0.25, 0.3) is 0 Å². The number of benzene rings is 1. The number of imidazole rings is 1. The molecule has 0 spiro atoms. The molecule has 20 heavy (non-hydrogen) atoms. The predicted octanol–water partition coefficient (Wildman–Crippen LogP) is 3.54. The summed E-state index contributed by atoms with van der Waals surface area (Å²) in [5.74, 6) is 2.12. The van der Waals surface area contributed by atoms with Gasteiger partial charge >= 0.3 is 0 Å². The van der Waals surface area contributed by atoms with Crippen molar-refractivity contribution in [3.63, 3.8) is 0 Å². The van der Waals surface area contributed by atoms with Gasteiger partial charge in [-0.2, -0.15) is 5.26 Å². The Labute approximate surface area is 116 Å². The molecule has 98 valence electrons. The summed E-state index contributed by atoms with van der Waals surface area (Å²) in [5.41, 5.74) is 2.36. The number of aryl methyl sites for hydroxylation is 2. The second kappa shape index (κ2) is 4.71. The number of para-hydroxylation sites is 2. The van der Waals surface area contributed by atoms with Crippen molar-refractivity contribution in [2.45, 2.75) is 6.92 Å². The molecule has 0 aliphatic rings. The van der Waals surface area contributed by atoms with Crippen LogP contribution in [-0.2, 0) is 7.05 Å². The van der Waals surface area contributed by atoms with Gasteiger partial charge in [-0.1, -0.05) is 12.1 Å². The predicted molar refractivity (Wildman–Crippen MR) is 77.6 cm³/mol. The maximum absolute atomic E-state index is 9.38. The van der Waals surface area contributed by atoms with Crippen molar-refractivity contribution in [1.82, 2.24) is 9.55 Å². The maximum atomic E-state index is 9.38. The Balaban J connectivity index is 2.15. The third-order valence-electron chi connectivity index (χ3n) is 3.20. The second-order valence-electron chi connectivity index (χ2n) is 4.60. The largest absolute Gasteiger partial charge is 0.462 e. The van der Waals surface area contributed by atoms with E-state index >= 15 is 0 Å². The smallest absolute Gasteiger partial charge is 0.151 e. The fourth-order valence-corrected chi connectivity index (χ4v) is 2.21. The van der Waals surface area contributed by atoms with Crippen molar-refractivity contribution >= 4 is 22.7 Å². The maximum Gasteiger partial charge on any atom is 0.151 e. The van der Waals surface area contributed by atoms with Gasteiger partial charge in [0.05, 0.1) is 16.6 Å². The number of nitriles is 1. The fraction of sp³-hybridized carbons (Fsp3) is 0.125. The highest BCUT2D eigenvalue weighted by atomic mass is 16.3. The molecule has 3 rings (SSSR count). The normalized spacial score (nSPS) is 11.8. The third kappa shape index (κ3) is 1.99. The molecule has 4 nitrogen and oxygen atoms in total. The lowest BCUT2D eigenvalue weighted by molar-refractivity contribution is 0.525. The number of rotatable bonds is 2. The highest BCUT2D eigenvalue weighted by Gasteiger charge is 2.12. The van der Waals surface area contributed by atoms with Crippen LogP contribution in [0.4, 0.5) is 0 Å². The lowest BCUT2D eigenvalue weighted by Crippen LogP contribution is -1.95. The first-order valence-electron chi connectivity index (χ1n) is 6.29. The van der Waals surface area contributed by atoms with Gasteiger partial charge in [-0.05, 0) is 31.2 Å². The molecule has 0 saturated carbocycles. The first-order valence-corrected chi connectivity index (χ1v) is 6.29. The van der Waals surface area contributed by atoms with Gasteiger partial charge in [-0.25, -0.2) is 4.98 Å². The first kappa shape index (κ1) is 12.2. The number of furan rings is 1. The van der Waals surface area contributed by atoms with Gasteiger partial charge in [0.2, 0.25) is 0 Å².